The number of carbonyl (C=O) groups is 1. The Morgan fingerprint density at radius 1 is 1.25 bits per heavy atom. The number of thiophene rings is 1. The van der Waals surface area contributed by atoms with Crippen LogP contribution in [0.15, 0.2) is 47.3 Å². The van der Waals surface area contributed by atoms with Crippen LogP contribution >= 0.6 is 22.9 Å². The van der Waals surface area contributed by atoms with E-state index in [2.05, 4.69) is 10.3 Å². The fourth-order valence-electron chi connectivity index (χ4n) is 3.02. The molecule has 0 aliphatic rings. The molecule has 0 aliphatic carbocycles. The van der Waals surface area contributed by atoms with E-state index in [0.717, 1.165) is 5.56 Å². The molecule has 0 bridgehead atoms. The summed E-state index contributed by atoms with van der Waals surface area (Å²) in [7, 11) is 0. The standard InChI is InChI=1S/C20H15ClFN3O2S/c1-11-24-18-17-14(22)3-2-4-15(17)28-19(18)20(27)25(11)10-16(26)23-9-12-5-7-13(21)8-6-12/h2-8H,9-10H2,1H3,(H,23,26). The van der Waals surface area contributed by atoms with Gasteiger partial charge in [0.15, 0.2) is 0 Å². The van der Waals surface area contributed by atoms with Crippen LogP contribution in [-0.4, -0.2) is 15.5 Å². The molecule has 28 heavy (non-hydrogen) atoms. The lowest BCUT2D eigenvalue weighted by atomic mass is 10.2. The topological polar surface area (TPSA) is 64.0 Å². The van der Waals surface area contributed by atoms with Gasteiger partial charge in [-0.2, -0.15) is 0 Å². The van der Waals surface area contributed by atoms with E-state index in [9.17, 15) is 14.0 Å². The number of hydrogen-bond donors (Lipinski definition) is 1. The third-order valence-corrected chi connectivity index (χ3v) is 5.83. The summed E-state index contributed by atoms with van der Waals surface area (Å²) in [6.45, 7) is 1.81. The number of carbonyl (C=O) groups excluding carboxylic acids is 1. The number of nitrogens with zero attached hydrogens (tertiary/aromatic N) is 2. The summed E-state index contributed by atoms with van der Waals surface area (Å²) in [5.74, 6) is -0.357. The van der Waals surface area contributed by atoms with Gasteiger partial charge in [0.25, 0.3) is 5.56 Å². The van der Waals surface area contributed by atoms with E-state index in [0.29, 0.717) is 37.7 Å². The quantitative estimate of drug-likeness (QED) is 0.547. The molecule has 0 saturated carbocycles. The summed E-state index contributed by atoms with van der Waals surface area (Å²) in [5.41, 5.74) is 0.901. The molecule has 4 rings (SSSR count). The average molecular weight is 416 g/mol. The third kappa shape index (κ3) is 3.39. The number of hydrogen-bond acceptors (Lipinski definition) is 4. The van der Waals surface area contributed by atoms with Crippen molar-refractivity contribution >= 4 is 49.1 Å². The Kier molecular flexibility index (Phi) is 4.87. The van der Waals surface area contributed by atoms with E-state index < -0.39 is 5.82 Å². The van der Waals surface area contributed by atoms with Crippen LogP contribution in [0.5, 0.6) is 0 Å². The summed E-state index contributed by atoms with van der Waals surface area (Å²) in [6.07, 6.45) is 0. The minimum Gasteiger partial charge on any atom is -0.350 e. The van der Waals surface area contributed by atoms with Gasteiger partial charge in [0.1, 0.15) is 22.9 Å². The molecule has 1 amide bonds. The van der Waals surface area contributed by atoms with E-state index >= 15 is 0 Å². The Hall–Kier alpha value is -2.77. The lowest BCUT2D eigenvalue weighted by Crippen LogP contribution is -2.33. The molecular formula is C20H15ClFN3O2S. The maximum atomic E-state index is 14.2. The van der Waals surface area contributed by atoms with Gasteiger partial charge >= 0.3 is 0 Å². The minimum absolute atomic E-state index is 0.155. The SMILES string of the molecule is Cc1nc2c(sc3cccc(F)c32)c(=O)n1CC(=O)NCc1ccc(Cl)cc1. The Balaban J connectivity index is 1.62. The number of rotatable bonds is 4. The lowest BCUT2D eigenvalue weighted by Gasteiger charge is -2.10. The highest BCUT2D eigenvalue weighted by Crippen LogP contribution is 2.32. The van der Waals surface area contributed by atoms with Gasteiger partial charge in [-0.3, -0.25) is 14.2 Å². The molecule has 8 heteroatoms. The number of amides is 1. The van der Waals surface area contributed by atoms with Crippen molar-refractivity contribution in [3.8, 4) is 0 Å². The predicted octanol–water partition coefficient (Wildman–Crippen LogP) is 4.03. The van der Waals surface area contributed by atoms with E-state index in [1.54, 1.807) is 31.2 Å². The molecule has 0 fully saturated rings. The third-order valence-electron chi connectivity index (χ3n) is 4.45. The van der Waals surface area contributed by atoms with Gasteiger partial charge in [-0.05, 0) is 36.8 Å². The highest BCUT2D eigenvalue weighted by Gasteiger charge is 2.17. The minimum atomic E-state index is -0.409. The molecule has 0 aliphatic heterocycles. The Labute approximate surface area is 168 Å². The van der Waals surface area contributed by atoms with E-state index in [-0.39, 0.29) is 18.0 Å². The maximum absolute atomic E-state index is 14.2. The molecule has 1 N–H and O–H groups in total. The van der Waals surface area contributed by atoms with Crippen molar-refractivity contribution in [2.24, 2.45) is 0 Å². The number of aromatic nitrogens is 2. The van der Waals surface area contributed by atoms with Crippen molar-refractivity contribution in [1.82, 2.24) is 14.9 Å². The molecule has 0 radical (unpaired) electrons. The summed E-state index contributed by atoms with van der Waals surface area (Å²) in [6, 6.07) is 11.8. The van der Waals surface area contributed by atoms with Crippen molar-refractivity contribution < 1.29 is 9.18 Å². The number of fused-ring (bicyclic) bond motifs is 3. The van der Waals surface area contributed by atoms with Crippen LogP contribution in [0.3, 0.4) is 0 Å². The fraction of sp³-hybridized carbons (Fsp3) is 0.150. The first-order chi connectivity index (χ1) is 13.4. The van der Waals surface area contributed by atoms with Crippen molar-refractivity contribution in [2.75, 3.05) is 0 Å². The normalized spacial score (nSPS) is 11.2. The molecule has 0 atom stereocenters. The second-order valence-corrected chi connectivity index (χ2v) is 7.83. The van der Waals surface area contributed by atoms with Crippen LogP contribution in [0.25, 0.3) is 20.3 Å². The number of benzene rings is 2. The number of nitrogens with one attached hydrogen (secondary N) is 1. The van der Waals surface area contributed by atoms with Crippen LogP contribution in [0.2, 0.25) is 5.02 Å². The lowest BCUT2D eigenvalue weighted by molar-refractivity contribution is -0.121. The smallest absolute Gasteiger partial charge is 0.272 e. The zero-order valence-corrected chi connectivity index (χ0v) is 16.4. The monoisotopic (exact) mass is 415 g/mol. The van der Waals surface area contributed by atoms with Gasteiger partial charge in [-0.15, -0.1) is 11.3 Å². The summed E-state index contributed by atoms with van der Waals surface area (Å²) in [5, 5.41) is 3.75. The summed E-state index contributed by atoms with van der Waals surface area (Å²) < 4.78 is 16.5. The molecule has 5 nitrogen and oxygen atoms in total. The first-order valence-corrected chi connectivity index (χ1v) is 9.73. The van der Waals surface area contributed by atoms with Crippen LogP contribution in [-0.2, 0) is 17.9 Å². The highest BCUT2D eigenvalue weighted by molar-refractivity contribution is 7.25. The first kappa shape index (κ1) is 18.6. The molecule has 0 spiro atoms. The molecular weight excluding hydrogens is 401 g/mol. The Morgan fingerprint density at radius 3 is 2.75 bits per heavy atom. The van der Waals surface area contributed by atoms with Crippen LogP contribution in [0.1, 0.15) is 11.4 Å². The molecule has 2 aromatic heterocycles. The molecule has 0 saturated heterocycles. The zero-order chi connectivity index (χ0) is 19.8. The molecule has 0 unspecified atom stereocenters. The average Bonchev–Trinajstić information content (AvgIpc) is 3.04. The molecule has 142 valence electrons. The Bertz CT molecular complexity index is 1260. The summed E-state index contributed by atoms with van der Waals surface area (Å²) >= 11 is 7.03. The van der Waals surface area contributed by atoms with Gasteiger partial charge in [0, 0.05) is 16.3 Å². The van der Waals surface area contributed by atoms with Crippen LogP contribution in [0, 0.1) is 12.7 Å². The number of aryl methyl sites for hydroxylation is 1. The van der Waals surface area contributed by atoms with Crippen LogP contribution < -0.4 is 10.9 Å². The van der Waals surface area contributed by atoms with Crippen molar-refractivity contribution in [2.45, 2.75) is 20.0 Å². The molecule has 2 heterocycles. The van der Waals surface area contributed by atoms with Gasteiger partial charge in [0.2, 0.25) is 5.91 Å². The molecule has 2 aromatic carbocycles. The number of halogens is 2. The maximum Gasteiger partial charge on any atom is 0.272 e. The summed E-state index contributed by atoms with van der Waals surface area (Å²) in [4.78, 5) is 29.6. The van der Waals surface area contributed by atoms with E-state index in [1.807, 2.05) is 12.1 Å². The second-order valence-electron chi connectivity index (χ2n) is 6.35. The zero-order valence-electron chi connectivity index (χ0n) is 14.8. The van der Waals surface area contributed by atoms with Gasteiger partial charge in [0.05, 0.1) is 10.9 Å². The van der Waals surface area contributed by atoms with Gasteiger partial charge in [-0.1, -0.05) is 29.8 Å². The fourth-order valence-corrected chi connectivity index (χ4v) is 4.25. The van der Waals surface area contributed by atoms with Gasteiger partial charge in [-0.25, -0.2) is 9.37 Å². The van der Waals surface area contributed by atoms with Crippen molar-refractivity contribution in [3.63, 3.8) is 0 Å². The van der Waals surface area contributed by atoms with Crippen LogP contribution in [0.4, 0.5) is 4.39 Å². The molecule has 4 aromatic rings. The first-order valence-electron chi connectivity index (χ1n) is 8.53. The second kappa shape index (κ2) is 7.33. The van der Waals surface area contributed by atoms with E-state index in [4.69, 9.17) is 11.6 Å². The highest BCUT2D eigenvalue weighted by atomic mass is 35.5. The largest absolute Gasteiger partial charge is 0.350 e. The van der Waals surface area contributed by atoms with Crippen molar-refractivity contribution in [3.05, 3.63) is 75.0 Å². The van der Waals surface area contributed by atoms with Crippen molar-refractivity contribution in [1.29, 1.82) is 0 Å². The Morgan fingerprint density at radius 2 is 2.00 bits per heavy atom. The van der Waals surface area contributed by atoms with E-state index in [1.165, 1.54) is 22.0 Å². The predicted molar refractivity (Wildman–Crippen MR) is 109 cm³/mol. The van der Waals surface area contributed by atoms with Gasteiger partial charge < -0.3 is 5.32 Å².